The van der Waals surface area contributed by atoms with Crippen LogP contribution in [0.2, 0.25) is 0 Å². The third kappa shape index (κ3) is 1.63. The third-order valence-electron chi connectivity index (χ3n) is 4.74. The predicted molar refractivity (Wildman–Crippen MR) is 79.5 cm³/mol. The molecule has 0 aliphatic carbocycles. The molecule has 2 saturated heterocycles. The number of carbonyl (C=O) groups excluding carboxylic acids is 2. The van der Waals surface area contributed by atoms with E-state index in [1.165, 1.54) is 4.90 Å². The molecule has 0 N–H and O–H groups in total. The Hall–Kier alpha value is -2.14. The molecular weight excluding hydrogens is 282 g/mol. The molecule has 2 fully saturated rings. The van der Waals surface area contributed by atoms with Gasteiger partial charge in [-0.15, -0.1) is 0 Å². The third-order valence-corrected chi connectivity index (χ3v) is 4.74. The highest BCUT2D eigenvalue weighted by Gasteiger charge is 2.65. The van der Waals surface area contributed by atoms with Crippen LogP contribution in [0.15, 0.2) is 36.4 Å². The summed E-state index contributed by atoms with van der Waals surface area (Å²) in [5, 5.41) is 0. The minimum atomic E-state index is -0.651. The van der Waals surface area contributed by atoms with Crippen molar-refractivity contribution in [2.45, 2.75) is 25.6 Å². The number of rotatable bonds is 3. The zero-order valence-electron chi connectivity index (χ0n) is 12.5. The van der Waals surface area contributed by atoms with Crippen LogP contribution in [0.4, 0.5) is 5.69 Å². The molecule has 114 valence electrons. The first kappa shape index (κ1) is 13.5. The molecule has 4 atom stereocenters. The lowest BCUT2D eigenvalue weighted by atomic mass is 9.78. The molecule has 0 saturated carbocycles. The van der Waals surface area contributed by atoms with E-state index in [1.807, 2.05) is 26.0 Å². The average molecular weight is 299 g/mol. The molecule has 2 amide bonds. The first-order valence-corrected chi connectivity index (χ1v) is 7.53. The number of fused-ring (bicyclic) bond motifs is 5. The Balaban J connectivity index is 1.67. The van der Waals surface area contributed by atoms with Gasteiger partial charge < -0.3 is 9.47 Å². The molecule has 3 aliphatic heterocycles. The fourth-order valence-electron chi connectivity index (χ4n) is 3.77. The van der Waals surface area contributed by atoms with E-state index in [-0.39, 0.29) is 17.9 Å². The predicted octanol–water partition coefficient (Wildman–Crippen LogP) is 1.92. The Morgan fingerprint density at radius 1 is 1.23 bits per heavy atom. The molecule has 0 aromatic heterocycles. The Bertz CT molecular complexity index is 680. The summed E-state index contributed by atoms with van der Waals surface area (Å²) in [6, 6.07) is 7.05. The number of amides is 2. The molecule has 1 aromatic rings. The van der Waals surface area contributed by atoms with Gasteiger partial charge in [-0.3, -0.25) is 9.59 Å². The number of hydrogen-bond acceptors (Lipinski definition) is 4. The lowest BCUT2D eigenvalue weighted by Gasteiger charge is -2.24. The molecule has 2 bridgehead atoms. The molecule has 3 heterocycles. The number of benzene rings is 1. The largest absolute Gasteiger partial charge is 0.494 e. The van der Waals surface area contributed by atoms with Crippen LogP contribution < -0.4 is 9.64 Å². The quantitative estimate of drug-likeness (QED) is 0.632. The summed E-state index contributed by atoms with van der Waals surface area (Å²) in [7, 11) is 0. The Morgan fingerprint density at radius 2 is 1.95 bits per heavy atom. The maximum absolute atomic E-state index is 12.8. The summed E-state index contributed by atoms with van der Waals surface area (Å²) in [6.45, 7) is 4.36. The van der Waals surface area contributed by atoms with E-state index in [0.29, 0.717) is 12.3 Å². The van der Waals surface area contributed by atoms with Gasteiger partial charge in [-0.25, -0.2) is 4.90 Å². The van der Waals surface area contributed by atoms with Crippen LogP contribution in [0, 0.1) is 11.8 Å². The summed E-state index contributed by atoms with van der Waals surface area (Å²) >= 11 is 0. The molecule has 0 spiro atoms. The minimum absolute atomic E-state index is 0.169. The molecule has 4 rings (SSSR count). The number of hydrogen-bond donors (Lipinski definition) is 0. The average Bonchev–Trinajstić information content (AvgIpc) is 3.10. The van der Waals surface area contributed by atoms with Gasteiger partial charge in [-0.2, -0.15) is 0 Å². The molecule has 3 aliphatic rings. The van der Waals surface area contributed by atoms with Gasteiger partial charge in [0.25, 0.3) is 0 Å². The van der Waals surface area contributed by atoms with E-state index in [4.69, 9.17) is 9.47 Å². The highest BCUT2D eigenvalue weighted by Crippen LogP contribution is 2.52. The van der Waals surface area contributed by atoms with Crippen molar-refractivity contribution < 1.29 is 19.1 Å². The van der Waals surface area contributed by atoms with Gasteiger partial charge in [0.2, 0.25) is 11.8 Å². The summed E-state index contributed by atoms with van der Waals surface area (Å²) < 4.78 is 11.2. The van der Waals surface area contributed by atoms with Crippen molar-refractivity contribution in [2.75, 3.05) is 11.5 Å². The topological polar surface area (TPSA) is 55.8 Å². The van der Waals surface area contributed by atoms with E-state index < -0.39 is 17.4 Å². The first-order chi connectivity index (χ1) is 10.5. The van der Waals surface area contributed by atoms with Crippen LogP contribution in [-0.2, 0) is 14.3 Å². The van der Waals surface area contributed by atoms with E-state index in [1.54, 1.807) is 24.3 Å². The standard InChI is InChI=1S/C17H17NO4/c1-3-21-11-6-4-10(5-7-11)18-15(19)13-12-8-9-17(2,22-12)14(13)16(18)20/h4-9,12-14H,3H2,1-2H3/t12-,13+,14-,17-/m1/s1. The van der Waals surface area contributed by atoms with Crippen LogP contribution in [0.5, 0.6) is 5.75 Å². The number of anilines is 1. The Morgan fingerprint density at radius 3 is 2.59 bits per heavy atom. The number of nitrogens with zero attached hydrogens (tertiary/aromatic N) is 1. The maximum atomic E-state index is 12.8. The van der Waals surface area contributed by atoms with Crippen molar-refractivity contribution in [2.24, 2.45) is 11.8 Å². The van der Waals surface area contributed by atoms with Crippen molar-refractivity contribution in [3.8, 4) is 5.75 Å². The van der Waals surface area contributed by atoms with Gasteiger partial charge in [-0.1, -0.05) is 12.2 Å². The monoisotopic (exact) mass is 299 g/mol. The molecule has 5 heteroatoms. The summed E-state index contributed by atoms with van der Waals surface area (Å²) in [5.41, 5.74) is -0.0573. The summed E-state index contributed by atoms with van der Waals surface area (Å²) in [6.07, 6.45) is 3.53. The maximum Gasteiger partial charge on any atom is 0.241 e. The second kappa shape index (κ2) is 4.43. The smallest absolute Gasteiger partial charge is 0.241 e. The second-order valence-corrected chi connectivity index (χ2v) is 6.07. The fourth-order valence-corrected chi connectivity index (χ4v) is 3.77. The SMILES string of the molecule is CCOc1ccc(N2C(=O)[C@H]3[C@H]4C=C[C@@](C)(O4)[C@H]3C2=O)cc1. The zero-order chi connectivity index (χ0) is 15.5. The van der Waals surface area contributed by atoms with Gasteiger partial charge in [0.05, 0.1) is 35.8 Å². The van der Waals surface area contributed by atoms with Crippen LogP contribution in [0.1, 0.15) is 13.8 Å². The van der Waals surface area contributed by atoms with E-state index in [2.05, 4.69) is 0 Å². The highest BCUT2D eigenvalue weighted by molar-refractivity contribution is 6.23. The second-order valence-electron chi connectivity index (χ2n) is 6.07. The van der Waals surface area contributed by atoms with Crippen LogP contribution in [-0.4, -0.2) is 30.1 Å². The molecule has 22 heavy (non-hydrogen) atoms. The molecule has 0 radical (unpaired) electrons. The van der Waals surface area contributed by atoms with Crippen molar-refractivity contribution in [3.63, 3.8) is 0 Å². The summed E-state index contributed by atoms with van der Waals surface area (Å²) in [4.78, 5) is 26.8. The lowest BCUT2D eigenvalue weighted by molar-refractivity contribution is -0.126. The van der Waals surface area contributed by atoms with Gasteiger partial charge in [0, 0.05) is 0 Å². The van der Waals surface area contributed by atoms with Crippen LogP contribution >= 0.6 is 0 Å². The molecular formula is C17H17NO4. The van der Waals surface area contributed by atoms with E-state index in [0.717, 1.165) is 5.75 Å². The van der Waals surface area contributed by atoms with Crippen molar-refractivity contribution >= 4 is 17.5 Å². The lowest BCUT2D eigenvalue weighted by Crippen LogP contribution is -2.38. The van der Waals surface area contributed by atoms with E-state index in [9.17, 15) is 9.59 Å². The normalized spacial score (nSPS) is 35.4. The van der Waals surface area contributed by atoms with E-state index >= 15 is 0 Å². The van der Waals surface area contributed by atoms with Crippen molar-refractivity contribution in [1.82, 2.24) is 0 Å². The Kier molecular flexibility index (Phi) is 2.72. The van der Waals surface area contributed by atoms with Crippen LogP contribution in [0.25, 0.3) is 0 Å². The van der Waals surface area contributed by atoms with Gasteiger partial charge in [-0.05, 0) is 38.1 Å². The zero-order valence-corrected chi connectivity index (χ0v) is 12.5. The Labute approximate surface area is 128 Å². The molecule has 5 nitrogen and oxygen atoms in total. The minimum Gasteiger partial charge on any atom is -0.494 e. The number of ether oxygens (including phenoxy) is 2. The van der Waals surface area contributed by atoms with Gasteiger partial charge in [0.1, 0.15) is 5.75 Å². The fraction of sp³-hybridized carbons (Fsp3) is 0.412. The first-order valence-electron chi connectivity index (χ1n) is 7.53. The van der Waals surface area contributed by atoms with Gasteiger partial charge in [0.15, 0.2) is 0 Å². The molecule has 0 unspecified atom stereocenters. The van der Waals surface area contributed by atoms with Gasteiger partial charge >= 0.3 is 0 Å². The number of carbonyl (C=O) groups is 2. The summed E-state index contributed by atoms with van der Waals surface area (Å²) in [5.74, 6) is -0.427. The number of imide groups is 1. The highest BCUT2D eigenvalue weighted by atomic mass is 16.5. The molecule has 1 aromatic carbocycles. The van der Waals surface area contributed by atoms with Crippen molar-refractivity contribution in [1.29, 1.82) is 0 Å². The van der Waals surface area contributed by atoms with Crippen LogP contribution in [0.3, 0.4) is 0 Å². The van der Waals surface area contributed by atoms with Crippen molar-refractivity contribution in [3.05, 3.63) is 36.4 Å².